The lowest BCUT2D eigenvalue weighted by Crippen LogP contribution is -2.31. The summed E-state index contributed by atoms with van der Waals surface area (Å²) in [4.78, 5) is 15.5. The average Bonchev–Trinajstić information content (AvgIpc) is 3.20. The summed E-state index contributed by atoms with van der Waals surface area (Å²) >= 11 is 4.99. The molecular weight excluding hydrogens is 404 g/mol. The number of anilines is 1. The number of nitrogens with zero attached hydrogens (tertiary/aromatic N) is 2. The number of carbonyl (C=O) groups excluding carboxylic acids is 1. The number of likely N-dealkylation sites (N-methyl/N-ethyl adjacent to an activating group) is 1. The van der Waals surface area contributed by atoms with Crippen molar-refractivity contribution in [1.82, 2.24) is 4.90 Å². The Kier molecular flexibility index (Phi) is 6.09. The zero-order valence-corrected chi connectivity index (χ0v) is 17.3. The maximum atomic E-state index is 12.2. The second kappa shape index (κ2) is 8.36. The van der Waals surface area contributed by atoms with E-state index in [4.69, 9.17) is 25.9 Å². The standard InChI is InChI=1S/C18H22N2O6S2/c1-3-20-17(21)16(26-18(20)27)13(2)11-25-28(22,23)10-6-9-19-12-24-15-8-5-4-7-14(15)19/h4-5,7-8,11,16H,3,6,9-10,12H2,1-2H3. The van der Waals surface area contributed by atoms with E-state index < -0.39 is 16.2 Å². The molecule has 0 radical (unpaired) electrons. The van der Waals surface area contributed by atoms with Crippen LogP contribution in [0.3, 0.4) is 0 Å². The van der Waals surface area contributed by atoms with E-state index in [1.807, 2.05) is 29.2 Å². The monoisotopic (exact) mass is 426 g/mol. The van der Waals surface area contributed by atoms with Crippen molar-refractivity contribution in [2.75, 3.05) is 30.5 Å². The number of rotatable bonds is 8. The Morgan fingerprint density at radius 1 is 1.39 bits per heavy atom. The number of carbonyl (C=O) groups is 1. The number of fused-ring (bicyclic) bond motifs is 1. The molecule has 2 heterocycles. The van der Waals surface area contributed by atoms with Gasteiger partial charge in [0, 0.05) is 18.7 Å². The van der Waals surface area contributed by atoms with Crippen molar-refractivity contribution in [2.24, 2.45) is 0 Å². The van der Waals surface area contributed by atoms with E-state index in [2.05, 4.69) is 0 Å². The second-order valence-corrected chi connectivity index (χ2v) is 8.49. The first-order chi connectivity index (χ1) is 13.3. The van der Waals surface area contributed by atoms with Gasteiger partial charge in [0.1, 0.15) is 12.0 Å². The first-order valence-electron chi connectivity index (χ1n) is 8.89. The van der Waals surface area contributed by atoms with Gasteiger partial charge in [0.05, 0.1) is 11.4 Å². The summed E-state index contributed by atoms with van der Waals surface area (Å²) in [5.41, 5.74) is 1.29. The third-order valence-corrected chi connectivity index (χ3v) is 5.94. The minimum absolute atomic E-state index is 0.0845. The summed E-state index contributed by atoms with van der Waals surface area (Å²) in [7, 11) is -3.78. The third-order valence-electron chi connectivity index (χ3n) is 4.44. The van der Waals surface area contributed by atoms with Gasteiger partial charge in [-0.1, -0.05) is 12.1 Å². The Hall–Kier alpha value is -2.33. The zero-order valence-electron chi connectivity index (χ0n) is 15.7. The first-order valence-corrected chi connectivity index (χ1v) is 10.9. The van der Waals surface area contributed by atoms with E-state index in [0.29, 0.717) is 31.8 Å². The Morgan fingerprint density at radius 2 is 2.14 bits per heavy atom. The van der Waals surface area contributed by atoms with Crippen LogP contribution in [0.4, 0.5) is 5.69 Å². The van der Waals surface area contributed by atoms with Gasteiger partial charge in [0.25, 0.3) is 11.1 Å². The lowest BCUT2D eigenvalue weighted by Gasteiger charge is -2.16. The highest BCUT2D eigenvalue weighted by molar-refractivity contribution is 7.86. The van der Waals surface area contributed by atoms with E-state index in [1.165, 1.54) is 4.90 Å². The van der Waals surface area contributed by atoms with Crippen LogP contribution in [0.5, 0.6) is 5.75 Å². The summed E-state index contributed by atoms with van der Waals surface area (Å²) < 4.78 is 40.1. The van der Waals surface area contributed by atoms with E-state index in [9.17, 15) is 13.2 Å². The van der Waals surface area contributed by atoms with Crippen LogP contribution >= 0.6 is 12.2 Å². The van der Waals surface area contributed by atoms with Crippen molar-refractivity contribution >= 4 is 39.1 Å². The quantitative estimate of drug-likeness (QED) is 0.355. The summed E-state index contributed by atoms with van der Waals surface area (Å²) in [6.07, 6.45) is 0.480. The minimum atomic E-state index is -3.78. The fourth-order valence-electron chi connectivity index (χ4n) is 2.95. The van der Waals surface area contributed by atoms with Gasteiger partial charge in [-0.15, -0.1) is 0 Å². The fourth-order valence-corrected chi connectivity index (χ4v) is 4.15. The van der Waals surface area contributed by atoms with Crippen molar-refractivity contribution in [1.29, 1.82) is 0 Å². The number of ether oxygens (including phenoxy) is 2. The first kappa shape index (κ1) is 20.4. The normalized spacial score (nSPS) is 19.5. The van der Waals surface area contributed by atoms with Crippen LogP contribution in [-0.2, 0) is 23.8 Å². The molecule has 1 saturated heterocycles. The van der Waals surface area contributed by atoms with E-state index in [-0.39, 0.29) is 16.8 Å². The van der Waals surface area contributed by atoms with Crippen molar-refractivity contribution < 1.29 is 26.9 Å². The highest BCUT2D eigenvalue weighted by Gasteiger charge is 2.38. The summed E-state index contributed by atoms with van der Waals surface area (Å²) in [5.74, 6) is 0.310. The van der Waals surface area contributed by atoms with Crippen molar-refractivity contribution in [3.8, 4) is 5.75 Å². The molecule has 0 spiro atoms. The van der Waals surface area contributed by atoms with E-state index in [0.717, 1.165) is 17.7 Å². The second-order valence-electron chi connectivity index (χ2n) is 6.42. The van der Waals surface area contributed by atoms with Gasteiger partial charge in [-0.2, -0.15) is 8.42 Å². The number of thiocarbonyl (C=S) groups is 1. The average molecular weight is 427 g/mol. The zero-order chi connectivity index (χ0) is 20.3. The molecule has 0 aromatic heterocycles. The van der Waals surface area contributed by atoms with Crippen LogP contribution in [0, 0.1) is 0 Å². The molecule has 1 amide bonds. The Bertz CT molecular complexity index is 899. The molecule has 0 saturated carbocycles. The van der Waals surface area contributed by atoms with Gasteiger partial charge in [0.2, 0.25) is 6.10 Å². The number of amides is 1. The number of hydrogen-bond acceptors (Lipinski definition) is 8. The molecule has 2 aliphatic rings. The van der Waals surface area contributed by atoms with E-state index in [1.54, 1.807) is 13.8 Å². The molecule has 2 aliphatic heterocycles. The minimum Gasteiger partial charge on any atom is -0.471 e. The van der Waals surface area contributed by atoms with Gasteiger partial charge < -0.3 is 18.6 Å². The lowest BCUT2D eigenvalue weighted by molar-refractivity contribution is -0.128. The molecule has 28 heavy (non-hydrogen) atoms. The highest BCUT2D eigenvalue weighted by Crippen LogP contribution is 2.33. The molecule has 1 aromatic rings. The summed E-state index contributed by atoms with van der Waals surface area (Å²) in [5, 5.41) is 0.0845. The van der Waals surface area contributed by atoms with Gasteiger partial charge in [-0.25, -0.2) is 0 Å². The predicted molar refractivity (Wildman–Crippen MR) is 107 cm³/mol. The molecule has 1 fully saturated rings. The molecule has 8 nitrogen and oxygen atoms in total. The molecule has 152 valence electrons. The number of hydrogen-bond donors (Lipinski definition) is 0. The molecule has 3 rings (SSSR count). The third kappa shape index (κ3) is 4.39. The predicted octanol–water partition coefficient (Wildman–Crippen LogP) is 2.02. The van der Waals surface area contributed by atoms with Gasteiger partial charge in [0.15, 0.2) is 6.73 Å². The van der Waals surface area contributed by atoms with E-state index >= 15 is 0 Å². The van der Waals surface area contributed by atoms with Gasteiger partial charge in [-0.05, 0) is 44.6 Å². The van der Waals surface area contributed by atoms with Crippen molar-refractivity contribution in [2.45, 2.75) is 26.4 Å². The van der Waals surface area contributed by atoms with Crippen molar-refractivity contribution in [3.63, 3.8) is 0 Å². The summed E-state index contributed by atoms with van der Waals surface area (Å²) in [6, 6.07) is 7.61. The maximum Gasteiger partial charge on any atom is 0.308 e. The van der Waals surface area contributed by atoms with Crippen molar-refractivity contribution in [3.05, 3.63) is 36.1 Å². The fraction of sp³-hybridized carbons (Fsp3) is 0.444. The molecule has 0 bridgehead atoms. The van der Waals surface area contributed by atoms with Crippen LogP contribution in [0.15, 0.2) is 36.1 Å². The van der Waals surface area contributed by atoms with Crippen LogP contribution < -0.4 is 9.64 Å². The summed E-state index contributed by atoms with van der Waals surface area (Å²) in [6.45, 7) is 4.66. The molecule has 1 aromatic carbocycles. The molecule has 10 heteroatoms. The smallest absolute Gasteiger partial charge is 0.308 e. The van der Waals surface area contributed by atoms with Gasteiger partial charge >= 0.3 is 10.1 Å². The Balaban J connectivity index is 1.51. The Morgan fingerprint density at radius 3 is 2.86 bits per heavy atom. The molecule has 0 N–H and O–H groups in total. The van der Waals surface area contributed by atoms with Crippen LogP contribution in [0.2, 0.25) is 0 Å². The SMILES string of the molecule is CCN1C(=O)C(C(C)=COS(=O)(=O)CCCN2COc3ccccc32)OC1=S. The highest BCUT2D eigenvalue weighted by atomic mass is 32.2. The number of para-hydroxylation sites is 2. The molecular formula is C18H22N2O6S2. The lowest BCUT2D eigenvalue weighted by atomic mass is 10.2. The maximum absolute atomic E-state index is 12.2. The molecule has 1 unspecified atom stereocenters. The molecule has 0 aliphatic carbocycles. The molecule has 1 atom stereocenters. The van der Waals surface area contributed by atoms with Crippen LogP contribution in [0.1, 0.15) is 20.3 Å². The van der Waals surface area contributed by atoms with Crippen LogP contribution in [0.25, 0.3) is 0 Å². The van der Waals surface area contributed by atoms with Gasteiger partial charge in [-0.3, -0.25) is 9.69 Å². The number of benzene rings is 1. The topological polar surface area (TPSA) is 85.4 Å². The Labute approximate surface area is 169 Å². The largest absolute Gasteiger partial charge is 0.471 e. The van der Waals surface area contributed by atoms with Crippen LogP contribution in [-0.4, -0.2) is 56.1 Å².